The summed E-state index contributed by atoms with van der Waals surface area (Å²) in [5.74, 6) is -0.492. The second kappa shape index (κ2) is 3.85. The number of hydrogen-bond acceptors (Lipinski definition) is 5. The van der Waals surface area contributed by atoms with Crippen molar-refractivity contribution < 1.29 is 23.9 Å². The number of ether oxygens (including phenoxy) is 2. The summed E-state index contributed by atoms with van der Waals surface area (Å²) in [4.78, 5) is 39.5. The summed E-state index contributed by atoms with van der Waals surface area (Å²) in [7, 11) is 0. The Morgan fingerprint density at radius 1 is 1.21 bits per heavy atom. The molecule has 2 aliphatic heterocycles. The molecule has 2 heterocycles. The third-order valence-electron chi connectivity index (χ3n) is 7.74. The fourth-order valence-corrected chi connectivity index (χ4v) is 6.60. The van der Waals surface area contributed by atoms with Gasteiger partial charge in [-0.25, -0.2) is 4.79 Å². The summed E-state index contributed by atoms with van der Waals surface area (Å²) in [6, 6.07) is 0. The summed E-state index contributed by atoms with van der Waals surface area (Å²) in [5, 5.41) is 0. The van der Waals surface area contributed by atoms with Crippen LogP contribution in [0, 0.1) is 28.1 Å². The molecule has 0 aromatic carbocycles. The highest BCUT2D eigenvalue weighted by Gasteiger charge is 2.88. The molecule has 5 nitrogen and oxygen atoms in total. The number of esters is 1. The van der Waals surface area contributed by atoms with E-state index in [0.29, 0.717) is 12.8 Å². The predicted octanol–water partition coefficient (Wildman–Crippen LogP) is 1.84. The molecule has 0 N–H and O–H groups in total. The zero-order chi connectivity index (χ0) is 17.1. The first-order valence-corrected chi connectivity index (χ1v) is 8.86. The summed E-state index contributed by atoms with van der Waals surface area (Å²) >= 11 is 0. The standard InChI is InChI=1S/C19H22O5/c1-10-11-4-7-18(13(10)21)17-9-23-15(22)19(18,8-11)24-14(17)16(2,3)6-5-12(17)20/h5-6,10-11,14H,4,7-9H2,1-3H3/t10-,11?,14?,17?,18?,19+/m1/s1. The fraction of sp³-hybridized carbons (Fsp3) is 0.737. The number of carbonyl (C=O) groups excluding carboxylic acids is 3. The molecule has 0 amide bonds. The molecule has 128 valence electrons. The van der Waals surface area contributed by atoms with Gasteiger partial charge in [-0.05, 0) is 31.3 Å². The molecule has 4 unspecified atom stereocenters. The Morgan fingerprint density at radius 2 is 1.96 bits per heavy atom. The molecular weight excluding hydrogens is 308 g/mol. The first-order chi connectivity index (χ1) is 11.2. The van der Waals surface area contributed by atoms with E-state index in [1.807, 2.05) is 26.8 Å². The van der Waals surface area contributed by atoms with E-state index in [9.17, 15) is 14.4 Å². The van der Waals surface area contributed by atoms with Crippen molar-refractivity contribution in [3.63, 3.8) is 0 Å². The van der Waals surface area contributed by atoms with E-state index in [1.54, 1.807) is 6.08 Å². The minimum absolute atomic E-state index is 0.0338. The SMILES string of the molecule is C[C@H]1C(=O)C23CCC1C[C@@]21OC2C(C)(C)C=CC(=O)C23COC1=O. The van der Waals surface area contributed by atoms with Gasteiger partial charge in [0.1, 0.15) is 17.8 Å². The molecule has 5 heteroatoms. The van der Waals surface area contributed by atoms with Gasteiger partial charge < -0.3 is 9.47 Å². The summed E-state index contributed by atoms with van der Waals surface area (Å²) in [5.41, 5.74) is -3.80. The monoisotopic (exact) mass is 330 g/mol. The number of cyclic esters (lactones) is 1. The lowest BCUT2D eigenvalue weighted by atomic mass is 9.38. The van der Waals surface area contributed by atoms with Gasteiger partial charge in [-0.15, -0.1) is 0 Å². The van der Waals surface area contributed by atoms with Crippen molar-refractivity contribution in [2.45, 2.75) is 51.7 Å². The molecule has 6 atom stereocenters. The van der Waals surface area contributed by atoms with Crippen molar-refractivity contribution in [3.8, 4) is 0 Å². The second-order valence-corrected chi connectivity index (χ2v) is 8.95. The molecule has 6 aliphatic rings. The topological polar surface area (TPSA) is 69.7 Å². The van der Waals surface area contributed by atoms with E-state index in [0.717, 1.165) is 6.42 Å². The van der Waals surface area contributed by atoms with Crippen LogP contribution in [-0.4, -0.2) is 35.8 Å². The van der Waals surface area contributed by atoms with Gasteiger partial charge in [-0.3, -0.25) is 9.59 Å². The van der Waals surface area contributed by atoms with E-state index in [1.165, 1.54) is 0 Å². The van der Waals surface area contributed by atoms with Crippen LogP contribution >= 0.6 is 0 Å². The van der Waals surface area contributed by atoms with Crippen LogP contribution in [0.25, 0.3) is 0 Å². The minimum atomic E-state index is -1.26. The quantitative estimate of drug-likeness (QED) is 0.634. The van der Waals surface area contributed by atoms with Crippen molar-refractivity contribution in [2.75, 3.05) is 6.61 Å². The molecule has 0 radical (unpaired) electrons. The number of hydrogen-bond donors (Lipinski definition) is 0. The predicted molar refractivity (Wildman–Crippen MR) is 82.9 cm³/mol. The van der Waals surface area contributed by atoms with E-state index in [-0.39, 0.29) is 30.0 Å². The minimum Gasteiger partial charge on any atom is -0.462 e. The van der Waals surface area contributed by atoms with Crippen LogP contribution in [0.5, 0.6) is 0 Å². The molecule has 0 aromatic rings. The smallest absolute Gasteiger partial charge is 0.339 e. The van der Waals surface area contributed by atoms with Gasteiger partial charge in [-0.1, -0.05) is 26.8 Å². The number of rotatable bonds is 0. The van der Waals surface area contributed by atoms with E-state index < -0.39 is 33.9 Å². The maximum atomic E-state index is 13.5. The molecule has 6 rings (SSSR count). The van der Waals surface area contributed by atoms with Gasteiger partial charge in [0.25, 0.3) is 0 Å². The summed E-state index contributed by atoms with van der Waals surface area (Å²) in [6.07, 6.45) is 4.88. The van der Waals surface area contributed by atoms with Crippen LogP contribution in [0.15, 0.2) is 12.2 Å². The first kappa shape index (κ1) is 14.8. The Bertz CT molecular complexity index is 736. The van der Waals surface area contributed by atoms with Crippen molar-refractivity contribution >= 4 is 17.5 Å². The third kappa shape index (κ3) is 1.15. The summed E-state index contributed by atoms with van der Waals surface area (Å²) < 4.78 is 12.0. The lowest BCUT2D eigenvalue weighted by molar-refractivity contribution is -0.222. The number of Topliss-reactive ketones (excluding diaryl/α,β-unsaturated/α-hetero) is 1. The number of fused-ring (bicyclic) bond motifs is 2. The van der Waals surface area contributed by atoms with Gasteiger partial charge >= 0.3 is 5.97 Å². The molecule has 4 aliphatic carbocycles. The zero-order valence-electron chi connectivity index (χ0n) is 14.3. The van der Waals surface area contributed by atoms with Crippen LogP contribution in [0.2, 0.25) is 0 Å². The first-order valence-electron chi connectivity index (χ1n) is 8.86. The normalized spacial score (nSPS) is 53.6. The summed E-state index contributed by atoms with van der Waals surface area (Å²) in [6.45, 7) is 5.92. The average Bonchev–Trinajstić information content (AvgIpc) is 2.76. The van der Waals surface area contributed by atoms with Gasteiger partial charge in [0.15, 0.2) is 11.4 Å². The largest absolute Gasteiger partial charge is 0.462 e. The molecule has 2 spiro atoms. The lowest BCUT2D eigenvalue weighted by Gasteiger charge is -2.61. The Morgan fingerprint density at radius 3 is 2.71 bits per heavy atom. The zero-order valence-corrected chi connectivity index (χ0v) is 14.3. The van der Waals surface area contributed by atoms with Crippen LogP contribution in [0.1, 0.15) is 40.0 Å². The lowest BCUT2D eigenvalue weighted by Crippen LogP contribution is -2.75. The molecule has 4 bridgehead atoms. The van der Waals surface area contributed by atoms with Crippen LogP contribution in [-0.2, 0) is 23.9 Å². The fourth-order valence-electron chi connectivity index (χ4n) is 6.60. The maximum absolute atomic E-state index is 13.5. The van der Waals surface area contributed by atoms with Gasteiger partial charge in [0, 0.05) is 11.3 Å². The molecule has 0 aromatic heterocycles. The number of ketones is 2. The second-order valence-electron chi connectivity index (χ2n) is 8.95. The number of carbonyl (C=O) groups is 3. The highest BCUT2D eigenvalue weighted by molar-refractivity contribution is 6.09. The number of allylic oxidation sites excluding steroid dienone is 1. The Hall–Kier alpha value is -1.49. The maximum Gasteiger partial charge on any atom is 0.339 e. The van der Waals surface area contributed by atoms with Crippen molar-refractivity contribution in [1.29, 1.82) is 0 Å². The van der Waals surface area contributed by atoms with Gasteiger partial charge in [-0.2, -0.15) is 0 Å². The molecule has 2 saturated heterocycles. The van der Waals surface area contributed by atoms with Crippen LogP contribution < -0.4 is 0 Å². The Labute approximate surface area is 140 Å². The third-order valence-corrected chi connectivity index (χ3v) is 7.74. The van der Waals surface area contributed by atoms with Crippen molar-refractivity contribution in [1.82, 2.24) is 0 Å². The Kier molecular flexibility index (Phi) is 2.37. The molecular formula is C19H22O5. The molecule has 5 fully saturated rings. The van der Waals surface area contributed by atoms with Gasteiger partial charge in [0.2, 0.25) is 0 Å². The average molecular weight is 330 g/mol. The van der Waals surface area contributed by atoms with Crippen molar-refractivity contribution in [3.05, 3.63) is 12.2 Å². The van der Waals surface area contributed by atoms with Crippen LogP contribution in [0.4, 0.5) is 0 Å². The highest BCUT2D eigenvalue weighted by Crippen LogP contribution is 2.75. The Balaban J connectivity index is 1.87. The van der Waals surface area contributed by atoms with E-state index in [2.05, 4.69) is 0 Å². The van der Waals surface area contributed by atoms with Gasteiger partial charge in [0.05, 0.1) is 11.5 Å². The molecule has 24 heavy (non-hydrogen) atoms. The van der Waals surface area contributed by atoms with E-state index in [4.69, 9.17) is 9.47 Å². The molecule has 3 saturated carbocycles. The van der Waals surface area contributed by atoms with E-state index >= 15 is 0 Å². The van der Waals surface area contributed by atoms with Crippen molar-refractivity contribution in [2.24, 2.45) is 28.1 Å². The highest BCUT2D eigenvalue weighted by atomic mass is 16.6. The van der Waals surface area contributed by atoms with Crippen LogP contribution in [0.3, 0.4) is 0 Å².